The van der Waals surface area contributed by atoms with Crippen molar-refractivity contribution in [3.8, 4) is 17.1 Å². The predicted molar refractivity (Wildman–Crippen MR) is 100 cm³/mol. The van der Waals surface area contributed by atoms with Gasteiger partial charge in [-0.15, -0.1) is 0 Å². The molecule has 0 fully saturated rings. The van der Waals surface area contributed by atoms with Gasteiger partial charge < -0.3 is 9.73 Å². The molecule has 0 aliphatic rings. The molecule has 0 radical (unpaired) electrons. The summed E-state index contributed by atoms with van der Waals surface area (Å²) in [5.41, 5.74) is 4.88. The minimum absolute atomic E-state index is 0.257. The molecule has 0 saturated heterocycles. The lowest BCUT2D eigenvalue weighted by Crippen LogP contribution is -2.24. The van der Waals surface area contributed by atoms with Crippen LogP contribution in [0.1, 0.15) is 27.4 Å². The number of aromatic amines is 1. The summed E-state index contributed by atoms with van der Waals surface area (Å²) in [7, 11) is 0. The molecule has 1 aromatic carbocycles. The summed E-state index contributed by atoms with van der Waals surface area (Å²) < 4.78 is 7.20. The van der Waals surface area contributed by atoms with Gasteiger partial charge in [0.15, 0.2) is 11.5 Å². The van der Waals surface area contributed by atoms with Gasteiger partial charge in [0, 0.05) is 18.3 Å². The fourth-order valence-corrected chi connectivity index (χ4v) is 3.00. The number of carbonyl (C=O) groups is 1. The molecule has 0 unspecified atom stereocenters. The van der Waals surface area contributed by atoms with Crippen LogP contribution >= 0.6 is 0 Å². The van der Waals surface area contributed by atoms with E-state index >= 15 is 0 Å². The highest BCUT2D eigenvalue weighted by Gasteiger charge is 2.14. The van der Waals surface area contributed by atoms with Gasteiger partial charge >= 0.3 is 0 Å². The van der Waals surface area contributed by atoms with Gasteiger partial charge in [0.05, 0.1) is 17.6 Å². The molecule has 2 N–H and O–H groups in total. The molecule has 0 saturated carbocycles. The maximum absolute atomic E-state index is 12.5. The summed E-state index contributed by atoms with van der Waals surface area (Å²) in [6.07, 6.45) is 1.58. The number of benzene rings is 1. The van der Waals surface area contributed by atoms with Crippen LogP contribution in [0.3, 0.4) is 0 Å². The average molecular weight is 361 g/mol. The zero-order valence-electron chi connectivity index (χ0n) is 15.1. The number of aryl methyl sites for hydroxylation is 2. The third kappa shape index (κ3) is 3.39. The lowest BCUT2D eigenvalue weighted by Gasteiger charge is -2.11. The molecule has 0 bridgehead atoms. The van der Waals surface area contributed by atoms with Crippen molar-refractivity contribution in [2.45, 2.75) is 20.4 Å². The highest BCUT2D eigenvalue weighted by Crippen LogP contribution is 2.19. The Kier molecular flexibility index (Phi) is 4.33. The molecule has 136 valence electrons. The Morgan fingerprint density at radius 3 is 2.78 bits per heavy atom. The van der Waals surface area contributed by atoms with Crippen molar-refractivity contribution in [2.75, 3.05) is 0 Å². The zero-order valence-corrected chi connectivity index (χ0v) is 15.1. The Bertz CT molecular complexity index is 1080. The van der Waals surface area contributed by atoms with E-state index in [-0.39, 0.29) is 5.91 Å². The molecular formula is C20H19N5O2. The number of para-hydroxylation sites is 1. The van der Waals surface area contributed by atoms with Crippen molar-refractivity contribution in [1.82, 2.24) is 25.3 Å². The van der Waals surface area contributed by atoms with Crippen LogP contribution in [0.25, 0.3) is 17.1 Å². The van der Waals surface area contributed by atoms with E-state index in [1.807, 2.05) is 48.9 Å². The highest BCUT2D eigenvalue weighted by atomic mass is 16.3. The van der Waals surface area contributed by atoms with Crippen molar-refractivity contribution in [3.05, 3.63) is 77.4 Å². The molecule has 7 heteroatoms. The Labute approximate surface area is 156 Å². The van der Waals surface area contributed by atoms with Crippen LogP contribution in [-0.4, -0.2) is 25.9 Å². The average Bonchev–Trinajstić information content (AvgIpc) is 3.40. The molecule has 4 rings (SSSR count). The van der Waals surface area contributed by atoms with Crippen LogP contribution in [-0.2, 0) is 6.54 Å². The van der Waals surface area contributed by atoms with E-state index in [1.54, 1.807) is 24.5 Å². The summed E-state index contributed by atoms with van der Waals surface area (Å²) in [5.74, 6) is 0.378. The van der Waals surface area contributed by atoms with E-state index in [9.17, 15) is 4.79 Å². The standard InChI is InChI=1S/C20H19N5O2/c1-13-10-14(2)25(24-13)18-7-4-3-6-15(18)12-21-20(26)17-11-16(22-23-17)19-8-5-9-27-19/h3-11H,12H2,1-2H3,(H,21,26)(H,22,23). The fraction of sp³-hybridized carbons (Fsp3) is 0.150. The second-order valence-corrected chi connectivity index (χ2v) is 6.29. The van der Waals surface area contributed by atoms with Crippen molar-refractivity contribution < 1.29 is 9.21 Å². The van der Waals surface area contributed by atoms with E-state index in [0.717, 1.165) is 22.6 Å². The summed E-state index contributed by atoms with van der Waals surface area (Å²) in [5, 5.41) is 14.3. The van der Waals surface area contributed by atoms with Gasteiger partial charge in [-0.2, -0.15) is 10.2 Å². The minimum Gasteiger partial charge on any atom is -0.463 e. The number of aromatic nitrogens is 4. The first-order valence-electron chi connectivity index (χ1n) is 8.61. The van der Waals surface area contributed by atoms with Crippen LogP contribution in [0.4, 0.5) is 0 Å². The number of furan rings is 1. The number of H-pyrrole nitrogens is 1. The topological polar surface area (TPSA) is 88.7 Å². The van der Waals surface area contributed by atoms with Crippen LogP contribution in [0.15, 0.2) is 59.2 Å². The number of amides is 1. The van der Waals surface area contributed by atoms with Crippen molar-refractivity contribution in [2.24, 2.45) is 0 Å². The monoisotopic (exact) mass is 361 g/mol. The van der Waals surface area contributed by atoms with Gasteiger partial charge in [0.25, 0.3) is 5.91 Å². The lowest BCUT2D eigenvalue weighted by atomic mass is 10.1. The second kappa shape index (κ2) is 6.95. The third-order valence-electron chi connectivity index (χ3n) is 4.27. The van der Waals surface area contributed by atoms with Crippen LogP contribution in [0.2, 0.25) is 0 Å². The zero-order chi connectivity index (χ0) is 18.8. The fourth-order valence-electron chi connectivity index (χ4n) is 3.00. The van der Waals surface area contributed by atoms with Crippen LogP contribution in [0.5, 0.6) is 0 Å². The number of hydrogen-bond acceptors (Lipinski definition) is 4. The summed E-state index contributed by atoms with van der Waals surface area (Å²) in [4.78, 5) is 12.5. The number of rotatable bonds is 5. The third-order valence-corrected chi connectivity index (χ3v) is 4.27. The lowest BCUT2D eigenvalue weighted by molar-refractivity contribution is 0.0946. The summed E-state index contributed by atoms with van der Waals surface area (Å²) in [6, 6.07) is 15.2. The van der Waals surface area contributed by atoms with Gasteiger partial charge in [0.1, 0.15) is 5.69 Å². The molecule has 3 aromatic heterocycles. The normalized spacial score (nSPS) is 10.9. The van der Waals surface area contributed by atoms with Gasteiger partial charge in [-0.05, 0) is 43.7 Å². The Morgan fingerprint density at radius 1 is 1.19 bits per heavy atom. The molecule has 0 spiro atoms. The number of carbonyl (C=O) groups excluding carboxylic acids is 1. The van der Waals surface area contributed by atoms with Gasteiger partial charge in [-0.1, -0.05) is 18.2 Å². The van der Waals surface area contributed by atoms with Crippen molar-refractivity contribution >= 4 is 5.91 Å². The SMILES string of the molecule is Cc1cc(C)n(-c2ccccc2CNC(=O)c2cc(-c3ccco3)[nH]n2)n1. The number of nitrogens with zero attached hydrogens (tertiary/aromatic N) is 3. The van der Waals surface area contributed by atoms with Crippen molar-refractivity contribution in [1.29, 1.82) is 0 Å². The molecule has 0 aliphatic heterocycles. The van der Waals surface area contributed by atoms with E-state index < -0.39 is 0 Å². The molecule has 1 amide bonds. The molecule has 7 nitrogen and oxygen atoms in total. The number of nitrogens with one attached hydrogen (secondary N) is 2. The minimum atomic E-state index is -0.257. The first-order valence-corrected chi connectivity index (χ1v) is 8.61. The van der Waals surface area contributed by atoms with E-state index in [0.29, 0.717) is 23.7 Å². The maximum Gasteiger partial charge on any atom is 0.272 e. The quantitative estimate of drug-likeness (QED) is 0.570. The molecule has 0 atom stereocenters. The van der Waals surface area contributed by atoms with Gasteiger partial charge in [-0.3, -0.25) is 9.89 Å². The van der Waals surface area contributed by atoms with E-state index in [1.165, 1.54) is 0 Å². The molecule has 27 heavy (non-hydrogen) atoms. The highest BCUT2D eigenvalue weighted by molar-refractivity contribution is 5.93. The van der Waals surface area contributed by atoms with Crippen LogP contribution in [0, 0.1) is 13.8 Å². The van der Waals surface area contributed by atoms with Gasteiger partial charge in [-0.25, -0.2) is 4.68 Å². The van der Waals surface area contributed by atoms with Crippen molar-refractivity contribution in [3.63, 3.8) is 0 Å². The Balaban J connectivity index is 1.51. The van der Waals surface area contributed by atoms with E-state index in [4.69, 9.17) is 4.42 Å². The molecule has 4 aromatic rings. The molecule has 3 heterocycles. The van der Waals surface area contributed by atoms with Crippen LogP contribution < -0.4 is 5.32 Å². The Hall–Kier alpha value is -3.61. The summed E-state index contributed by atoms with van der Waals surface area (Å²) >= 11 is 0. The summed E-state index contributed by atoms with van der Waals surface area (Å²) in [6.45, 7) is 4.34. The maximum atomic E-state index is 12.5. The predicted octanol–water partition coefficient (Wildman–Crippen LogP) is 3.40. The first kappa shape index (κ1) is 16.8. The number of hydrogen-bond donors (Lipinski definition) is 2. The van der Waals surface area contributed by atoms with Gasteiger partial charge in [0.2, 0.25) is 0 Å². The molecule has 0 aliphatic carbocycles. The Morgan fingerprint density at radius 2 is 2.04 bits per heavy atom. The first-order chi connectivity index (χ1) is 13.1. The smallest absolute Gasteiger partial charge is 0.272 e. The largest absolute Gasteiger partial charge is 0.463 e. The van der Waals surface area contributed by atoms with E-state index in [2.05, 4.69) is 20.6 Å². The second-order valence-electron chi connectivity index (χ2n) is 6.29. The molecular weight excluding hydrogens is 342 g/mol.